The Morgan fingerprint density at radius 3 is 2.57 bits per heavy atom. The molecule has 1 unspecified atom stereocenters. The van der Waals surface area contributed by atoms with Gasteiger partial charge in [0, 0.05) is 8.99 Å². The Morgan fingerprint density at radius 2 is 2.07 bits per heavy atom. The van der Waals surface area contributed by atoms with Crippen LogP contribution in [0.3, 0.4) is 0 Å². The monoisotopic (exact) mass is 322 g/mol. The van der Waals surface area contributed by atoms with Gasteiger partial charge in [-0.1, -0.05) is 52.0 Å². The van der Waals surface area contributed by atoms with Gasteiger partial charge >= 0.3 is 0 Å². The lowest BCUT2D eigenvalue weighted by atomic mass is 10.0. The van der Waals surface area contributed by atoms with E-state index in [0.29, 0.717) is 5.75 Å². The summed E-state index contributed by atoms with van der Waals surface area (Å²) < 4.78 is 11.2. The fourth-order valence-corrected chi connectivity index (χ4v) is 2.25. The number of benzene rings is 1. The molecule has 0 aromatic heterocycles. The van der Waals surface area contributed by atoms with Crippen molar-refractivity contribution >= 4 is 33.8 Å². The van der Waals surface area contributed by atoms with Gasteiger partial charge in [-0.15, -0.1) is 0 Å². The Hall–Kier alpha value is 0.260. The summed E-state index contributed by atoms with van der Waals surface area (Å²) in [6.45, 7) is 4.35. The Balaban J connectivity index is 2.90. The van der Waals surface area contributed by atoms with E-state index in [2.05, 4.69) is 48.6 Å². The minimum absolute atomic E-state index is 0.142. The smallest absolute Gasteiger partial charge is 0.130 e. The Morgan fingerprint density at radius 1 is 1.43 bits per heavy atom. The van der Waals surface area contributed by atoms with Crippen LogP contribution in [0.25, 0.3) is 0 Å². The van der Waals surface area contributed by atoms with E-state index in [4.69, 9.17) is 0 Å². The average Bonchev–Trinajstić information content (AvgIpc) is 2.01. The molecule has 0 radical (unpaired) electrons. The van der Waals surface area contributed by atoms with Crippen LogP contribution in [0.1, 0.15) is 25.0 Å². The lowest BCUT2D eigenvalue weighted by molar-refractivity contribution is 0.600. The molecular weight excluding hydrogens is 307 g/mol. The second-order valence-electron chi connectivity index (χ2n) is 3.89. The van der Waals surface area contributed by atoms with Crippen molar-refractivity contribution in [2.75, 3.05) is 6.26 Å². The van der Waals surface area contributed by atoms with Crippen LogP contribution in [0.4, 0.5) is 0 Å². The van der Waals surface area contributed by atoms with Gasteiger partial charge in [-0.3, -0.25) is 0 Å². The largest absolute Gasteiger partial charge is 0.616 e. The summed E-state index contributed by atoms with van der Waals surface area (Å²) in [7, 11) is 0. The van der Waals surface area contributed by atoms with Gasteiger partial charge in [0.1, 0.15) is 5.75 Å². The molecule has 14 heavy (non-hydrogen) atoms. The number of hydrogen-bond acceptors (Lipinski definition) is 1. The van der Waals surface area contributed by atoms with Crippen LogP contribution in [0, 0.1) is 0 Å². The fourth-order valence-electron chi connectivity index (χ4n) is 1.27. The van der Waals surface area contributed by atoms with E-state index in [1.165, 1.54) is 5.56 Å². The van der Waals surface area contributed by atoms with Gasteiger partial charge in [-0.25, -0.2) is 0 Å². The van der Waals surface area contributed by atoms with Crippen LogP contribution in [0.2, 0.25) is 0 Å². The minimum atomic E-state index is -0.754. The van der Waals surface area contributed by atoms with E-state index in [0.717, 1.165) is 5.56 Å². The Kier molecular flexibility index (Phi) is 4.28. The number of alkyl halides is 1. The van der Waals surface area contributed by atoms with Crippen LogP contribution in [-0.2, 0) is 20.4 Å². The highest BCUT2D eigenvalue weighted by atomic mass is 127. The molecule has 0 spiro atoms. The molecule has 0 fully saturated rings. The molecule has 0 saturated heterocycles. The molecule has 0 amide bonds. The molecular formula is C11H15IOS. The summed E-state index contributed by atoms with van der Waals surface area (Å²) in [6.07, 6.45) is 1.74. The Labute approximate surface area is 103 Å². The molecule has 0 heterocycles. The SMILES string of the molecule is C[S+]([O-])Cc1cccc(C(C)(C)I)c1. The fraction of sp³-hybridized carbons (Fsp3) is 0.455. The maximum Gasteiger partial charge on any atom is 0.130 e. The standard InChI is InChI=1S/C11H15IOS/c1-11(2,12)10-6-4-5-9(7-10)8-14(3)13/h4-7H,8H2,1-3H3. The third-order valence-corrected chi connectivity index (χ3v) is 3.35. The highest BCUT2D eigenvalue weighted by molar-refractivity contribution is 14.1. The zero-order valence-electron chi connectivity index (χ0n) is 8.71. The zero-order valence-corrected chi connectivity index (χ0v) is 11.7. The van der Waals surface area contributed by atoms with E-state index < -0.39 is 11.2 Å². The van der Waals surface area contributed by atoms with Crippen molar-refractivity contribution in [1.82, 2.24) is 0 Å². The highest BCUT2D eigenvalue weighted by Crippen LogP contribution is 2.30. The van der Waals surface area contributed by atoms with Gasteiger partial charge in [0.2, 0.25) is 0 Å². The van der Waals surface area contributed by atoms with Gasteiger partial charge in [-0.2, -0.15) is 0 Å². The maximum absolute atomic E-state index is 11.1. The molecule has 0 N–H and O–H groups in total. The second-order valence-corrected chi connectivity index (χ2v) is 8.02. The van der Waals surface area contributed by atoms with Crippen molar-refractivity contribution in [2.45, 2.75) is 23.0 Å². The van der Waals surface area contributed by atoms with E-state index in [-0.39, 0.29) is 3.42 Å². The first-order chi connectivity index (χ1) is 6.39. The van der Waals surface area contributed by atoms with Crippen LogP contribution in [0.15, 0.2) is 24.3 Å². The number of rotatable bonds is 3. The molecule has 1 nitrogen and oxygen atoms in total. The van der Waals surface area contributed by atoms with Crippen molar-refractivity contribution in [2.24, 2.45) is 0 Å². The first-order valence-corrected chi connectivity index (χ1v) is 7.28. The molecule has 0 aliphatic carbocycles. The molecule has 1 aromatic carbocycles. The van der Waals surface area contributed by atoms with Gasteiger partial charge in [-0.05, 0) is 25.5 Å². The van der Waals surface area contributed by atoms with Crippen LogP contribution < -0.4 is 0 Å². The summed E-state index contributed by atoms with van der Waals surface area (Å²) in [5.41, 5.74) is 2.45. The molecule has 1 aromatic rings. The van der Waals surface area contributed by atoms with E-state index >= 15 is 0 Å². The average molecular weight is 322 g/mol. The molecule has 3 heteroatoms. The van der Waals surface area contributed by atoms with Crippen molar-refractivity contribution in [3.8, 4) is 0 Å². The first kappa shape index (κ1) is 12.3. The summed E-state index contributed by atoms with van der Waals surface area (Å²) in [4.78, 5) is 0. The maximum atomic E-state index is 11.1. The van der Waals surface area contributed by atoms with Crippen molar-refractivity contribution in [1.29, 1.82) is 0 Å². The van der Waals surface area contributed by atoms with Crippen LogP contribution >= 0.6 is 22.6 Å². The third-order valence-electron chi connectivity index (χ3n) is 1.98. The zero-order chi connectivity index (χ0) is 10.8. The number of halogens is 1. The van der Waals surface area contributed by atoms with Crippen LogP contribution in [0.5, 0.6) is 0 Å². The lowest BCUT2D eigenvalue weighted by Crippen LogP contribution is -2.08. The normalized spacial score (nSPS) is 14.1. The van der Waals surface area contributed by atoms with Crippen molar-refractivity contribution in [3.05, 3.63) is 35.4 Å². The summed E-state index contributed by atoms with van der Waals surface area (Å²) in [6, 6.07) is 8.34. The van der Waals surface area contributed by atoms with Gasteiger partial charge in [0.15, 0.2) is 0 Å². The highest BCUT2D eigenvalue weighted by Gasteiger charge is 2.16. The number of hydrogen-bond donors (Lipinski definition) is 0. The quantitative estimate of drug-likeness (QED) is 0.476. The van der Waals surface area contributed by atoms with Gasteiger partial charge < -0.3 is 4.55 Å². The molecule has 1 rings (SSSR count). The second kappa shape index (κ2) is 4.86. The minimum Gasteiger partial charge on any atom is -0.616 e. The molecule has 0 bridgehead atoms. The summed E-state index contributed by atoms with van der Waals surface area (Å²) in [5.74, 6) is 0.653. The topological polar surface area (TPSA) is 23.1 Å². The summed E-state index contributed by atoms with van der Waals surface area (Å²) >= 11 is 1.66. The predicted octanol–water partition coefficient (Wildman–Crippen LogP) is 3.24. The molecule has 0 aliphatic rings. The summed E-state index contributed by atoms with van der Waals surface area (Å²) in [5, 5.41) is 0. The van der Waals surface area contributed by atoms with Crippen LogP contribution in [-0.4, -0.2) is 10.8 Å². The molecule has 78 valence electrons. The van der Waals surface area contributed by atoms with Gasteiger partial charge in [0.05, 0.1) is 6.26 Å². The van der Waals surface area contributed by atoms with E-state index in [9.17, 15) is 4.55 Å². The third kappa shape index (κ3) is 3.79. The van der Waals surface area contributed by atoms with Crippen molar-refractivity contribution in [3.63, 3.8) is 0 Å². The first-order valence-electron chi connectivity index (χ1n) is 4.48. The lowest BCUT2D eigenvalue weighted by Gasteiger charge is -2.17. The molecule has 1 atom stereocenters. The van der Waals surface area contributed by atoms with Gasteiger partial charge in [0.25, 0.3) is 0 Å². The van der Waals surface area contributed by atoms with E-state index in [1.807, 2.05) is 12.1 Å². The molecule has 0 aliphatic heterocycles. The molecule has 0 saturated carbocycles. The van der Waals surface area contributed by atoms with E-state index in [1.54, 1.807) is 6.26 Å². The predicted molar refractivity (Wildman–Crippen MR) is 71.3 cm³/mol. The van der Waals surface area contributed by atoms with Crippen molar-refractivity contribution < 1.29 is 4.55 Å². The Bertz CT molecular complexity index is 304.